The van der Waals surface area contributed by atoms with Gasteiger partial charge in [0.05, 0.1) is 5.56 Å². The van der Waals surface area contributed by atoms with Gasteiger partial charge in [-0.05, 0) is 6.07 Å². The van der Waals surface area contributed by atoms with E-state index in [-0.39, 0.29) is 11.4 Å². The third kappa shape index (κ3) is 1.34. The highest BCUT2D eigenvalue weighted by Crippen LogP contribution is 2.26. The number of primary amides is 1. The van der Waals surface area contributed by atoms with Gasteiger partial charge in [-0.15, -0.1) is 0 Å². The molecule has 1 aromatic carbocycles. The van der Waals surface area contributed by atoms with Crippen LogP contribution in [0.5, 0.6) is 5.88 Å². The molecule has 0 spiro atoms. The van der Waals surface area contributed by atoms with Crippen LogP contribution in [0.3, 0.4) is 0 Å². The number of benzene rings is 1. The molecule has 15 heavy (non-hydrogen) atoms. The Morgan fingerprint density at radius 3 is 2.60 bits per heavy atom. The van der Waals surface area contributed by atoms with E-state index in [0.29, 0.717) is 10.9 Å². The van der Waals surface area contributed by atoms with Crippen molar-refractivity contribution in [3.63, 3.8) is 0 Å². The van der Waals surface area contributed by atoms with Crippen molar-refractivity contribution in [3.05, 3.63) is 29.8 Å². The van der Waals surface area contributed by atoms with Gasteiger partial charge < -0.3 is 15.8 Å². The predicted molar refractivity (Wildman–Crippen MR) is 53.5 cm³/mol. The van der Waals surface area contributed by atoms with E-state index < -0.39 is 11.7 Å². The molecule has 0 aliphatic heterocycles. The van der Waals surface area contributed by atoms with E-state index in [2.05, 4.69) is 4.98 Å². The lowest BCUT2D eigenvalue weighted by molar-refractivity contribution is -0.114. The van der Waals surface area contributed by atoms with Crippen molar-refractivity contribution in [2.24, 2.45) is 5.73 Å². The molecule has 76 valence electrons. The van der Waals surface area contributed by atoms with Crippen LogP contribution >= 0.6 is 0 Å². The Bertz CT molecular complexity index is 557. The summed E-state index contributed by atoms with van der Waals surface area (Å²) in [6.45, 7) is 0. The summed E-state index contributed by atoms with van der Waals surface area (Å²) < 4.78 is 0. The molecule has 1 aromatic heterocycles. The summed E-state index contributed by atoms with van der Waals surface area (Å²) in [4.78, 5) is 24.7. The van der Waals surface area contributed by atoms with Crippen LogP contribution in [0.15, 0.2) is 24.3 Å². The van der Waals surface area contributed by atoms with Gasteiger partial charge in [0.1, 0.15) is 0 Å². The van der Waals surface area contributed by atoms with Gasteiger partial charge >= 0.3 is 0 Å². The van der Waals surface area contributed by atoms with Gasteiger partial charge in [0.25, 0.3) is 11.7 Å². The third-order valence-corrected chi connectivity index (χ3v) is 2.14. The Balaban J connectivity index is 2.74. The molecule has 0 unspecified atom stereocenters. The maximum atomic E-state index is 11.4. The number of carbonyl (C=O) groups is 2. The average Bonchev–Trinajstić information content (AvgIpc) is 2.52. The number of rotatable bonds is 2. The summed E-state index contributed by atoms with van der Waals surface area (Å²) in [6, 6.07) is 6.76. The van der Waals surface area contributed by atoms with Gasteiger partial charge in [-0.25, -0.2) is 0 Å². The van der Waals surface area contributed by atoms with Gasteiger partial charge in [0.2, 0.25) is 5.88 Å². The van der Waals surface area contributed by atoms with Crippen molar-refractivity contribution in [3.8, 4) is 5.88 Å². The van der Waals surface area contributed by atoms with E-state index in [9.17, 15) is 14.7 Å². The number of fused-ring (bicyclic) bond motifs is 1. The number of H-pyrrole nitrogens is 1. The fourth-order valence-corrected chi connectivity index (χ4v) is 1.48. The van der Waals surface area contributed by atoms with Crippen LogP contribution in [-0.2, 0) is 4.79 Å². The SMILES string of the molecule is NC(=O)C(=O)c1c(O)[nH]c2ccccc12. The molecular formula is C10H8N2O3. The predicted octanol–water partition coefficient (Wildman–Crippen LogP) is 0.542. The summed E-state index contributed by atoms with van der Waals surface area (Å²) >= 11 is 0. The van der Waals surface area contributed by atoms with Crippen molar-refractivity contribution in [2.75, 3.05) is 0 Å². The number of aromatic nitrogens is 1. The second-order valence-corrected chi connectivity index (χ2v) is 3.09. The first-order valence-corrected chi connectivity index (χ1v) is 4.25. The third-order valence-electron chi connectivity index (χ3n) is 2.14. The van der Waals surface area contributed by atoms with E-state index >= 15 is 0 Å². The number of para-hydroxylation sites is 1. The molecule has 5 nitrogen and oxygen atoms in total. The molecule has 2 rings (SSSR count). The molecule has 1 amide bonds. The Labute approximate surface area is 84.5 Å². The van der Waals surface area contributed by atoms with Crippen LogP contribution in [0.2, 0.25) is 0 Å². The highest BCUT2D eigenvalue weighted by Gasteiger charge is 2.21. The van der Waals surface area contributed by atoms with Gasteiger partial charge in [0.15, 0.2) is 0 Å². The second-order valence-electron chi connectivity index (χ2n) is 3.09. The summed E-state index contributed by atoms with van der Waals surface area (Å²) in [5.41, 5.74) is 5.39. The number of nitrogens with one attached hydrogen (secondary N) is 1. The van der Waals surface area contributed by atoms with Crippen LogP contribution in [0.1, 0.15) is 10.4 Å². The Hall–Kier alpha value is -2.30. The lowest BCUT2D eigenvalue weighted by Crippen LogP contribution is -2.22. The first kappa shape index (κ1) is 9.26. The Morgan fingerprint density at radius 1 is 1.27 bits per heavy atom. The molecule has 0 saturated heterocycles. The zero-order valence-electron chi connectivity index (χ0n) is 7.65. The largest absolute Gasteiger partial charge is 0.494 e. The molecule has 0 radical (unpaired) electrons. The molecule has 5 heteroatoms. The molecule has 2 aromatic rings. The highest BCUT2D eigenvalue weighted by atomic mass is 16.3. The smallest absolute Gasteiger partial charge is 0.290 e. The summed E-state index contributed by atoms with van der Waals surface area (Å²) in [7, 11) is 0. The van der Waals surface area contributed by atoms with Crippen molar-refractivity contribution in [1.29, 1.82) is 0 Å². The summed E-state index contributed by atoms with van der Waals surface area (Å²) in [6.07, 6.45) is 0. The highest BCUT2D eigenvalue weighted by molar-refractivity contribution is 6.45. The molecule has 1 heterocycles. The van der Waals surface area contributed by atoms with E-state index in [1.54, 1.807) is 24.3 Å². The van der Waals surface area contributed by atoms with Crippen molar-refractivity contribution < 1.29 is 14.7 Å². The zero-order chi connectivity index (χ0) is 11.0. The maximum absolute atomic E-state index is 11.4. The van der Waals surface area contributed by atoms with E-state index in [0.717, 1.165) is 0 Å². The van der Waals surface area contributed by atoms with Gasteiger partial charge in [0, 0.05) is 10.9 Å². The molecule has 0 saturated carbocycles. The standard InChI is InChI=1S/C10H8N2O3/c11-9(14)8(13)7-5-3-1-2-4-6(5)12-10(7)15/h1-4,12,15H,(H2,11,14). The minimum absolute atomic E-state index is 0.0712. The zero-order valence-corrected chi connectivity index (χ0v) is 7.65. The van der Waals surface area contributed by atoms with E-state index in [4.69, 9.17) is 5.73 Å². The number of hydrogen-bond acceptors (Lipinski definition) is 3. The summed E-state index contributed by atoms with van der Waals surface area (Å²) in [5, 5.41) is 9.95. The maximum Gasteiger partial charge on any atom is 0.290 e. The minimum Gasteiger partial charge on any atom is -0.494 e. The molecule has 0 atom stereocenters. The van der Waals surface area contributed by atoms with Gasteiger partial charge in [-0.2, -0.15) is 0 Å². The first-order chi connectivity index (χ1) is 7.11. The van der Waals surface area contributed by atoms with E-state index in [1.165, 1.54) is 0 Å². The number of aromatic hydroxyl groups is 1. The van der Waals surface area contributed by atoms with Crippen molar-refractivity contribution in [2.45, 2.75) is 0 Å². The quantitative estimate of drug-likeness (QED) is 0.492. The monoisotopic (exact) mass is 204 g/mol. The molecule has 0 fully saturated rings. The first-order valence-electron chi connectivity index (χ1n) is 4.25. The Morgan fingerprint density at radius 2 is 1.93 bits per heavy atom. The molecule has 4 N–H and O–H groups in total. The van der Waals surface area contributed by atoms with Crippen LogP contribution in [0.25, 0.3) is 10.9 Å². The van der Waals surface area contributed by atoms with Crippen molar-refractivity contribution >= 4 is 22.6 Å². The van der Waals surface area contributed by atoms with Gasteiger partial charge in [-0.3, -0.25) is 9.59 Å². The number of hydrogen-bond donors (Lipinski definition) is 3. The lowest BCUT2D eigenvalue weighted by atomic mass is 10.1. The molecule has 0 aliphatic rings. The topological polar surface area (TPSA) is 96.2 Å². The van der Waals surface area contributed by atoms with Gasteiger partial charge in [-0.1, -0.05) is 18.2 Å². The molecule has 0 bridgehead atoms. The number of nitrogens with two attached hydrogens (primary N) is 1. The second kappa shape index (κ2) is 3.13. The molecular weight excluding hydrogens is 196 g/mol. The molecule has 0 aliphatic carbocycles. The number of carbonyl (C=O) groups excluding carboxylic acids is 2. The fourth-order valence-electron chi connectivity index (χ4n) is 1.48. The summed E-state index contributed by atoms with van der Waals surface area (Å²) in [5.74, 6) is -2.32. The van der Waals surface area contributed by atoms with Crippen LogP contribution in [-0.4, -0.2) is 21.8 Å². The lowest BCUT2D eigenvalue weighted by Gasteiger charge is -1.94. The normalized spacial score (nSPS) is 10.4. The Kier molecular flexibility index (Phi) is 1.93. The van der Waals surface area contributed by atoms with Crippen LogP contribution in [0, 0.1) is 0 Å². The minimum atomic E-state index is -1.09. The number of ketones is 1. The van der Waals surface area contributed by atoms with Crippen LogP contribution < -0.4 is 5.73 Å². The van der Waals surface area contributed by atoms with Crippen LogP contribution in [0.4, 0.5) is 0 Å². The van der Waals surface area contributed by atoms with Crippen molar-refractivity contribution in [1.82, 2.24) is 4.98 Å². The average molecular weight is 204 g/mol. The number of Topliss-reactive ketones (excluding diaryl/α,β-unsaturated/α-hetero) is 1. The fraction of sp³-hybridized carbons (Fsp3) is 0. The van der Waals surface area contributed by atoms with E-state index in [1.807, 2.05) is 0 Å². The number of amides is 1. The number of aromatic amines is 1.